The zero-order chi connectivity index (χ0) is 10.4. The van der Waals surface area contributed by atoms with Crippen molar-refractivity contribution in [3.05, 3.63) is 23.8 Å². The van der Waals surface area contributed by atoms with E-state index in [1.54, 1.807) is 13.1 Å². The van der Waals surface area contributed by atoms with Gasteiger partial charge in [-0.2, -0.15) is 0 Å². The van der Waals surface area contributed by atoms with E-state index in [9.17, 15) is 4.79 Å². The fraction of sp³-hybridized carbons (Fsp3) is 0.545. The van der Waals surface area contributed by atoms with E-state index in [-0.39, 0.29) is 5.78 Å². The lowest BCUT2D eigenvalue weighted by molar-refractivity contribution is -0.117. The monoisotopic (exact) mass is 192 g/mol. The van der Waals surface area contributed by atoms with Crippen LogP contribution >= 0.6 is 0 Å². The molecule has 76 valence electrons. The Balaban J connectivity index is 2.58. The molecule has 0 aromatic carbocycles. The number of hydrogen-bond donors (Lipinski definition) is 0. The largest absolute Gasteiger partial charge is 0.300 e. The van der Waals surface area contributed by atoms with Gasteiger partial charge in [0.1, 0.15) is 11.6 Å². The fourth-order valence-corrected chi connectivity index (χ4v) is 1.24. The summed E-state index contributed by atoms with van der Waals surface area (Å²) in [4.78, 5) is 19.3. The van der Waals surface area contributed by atoms with Crippen molar-refractivity contribution in [2.75, 3.05) is 0 Å². The molecule has 0 radical (unpaired) electrons. The van der Waals surface area contributed by atoms with Gasteiger partial charge in [0.15, 0.2) is 0 Å². The smallest absolute Gasteiger partial charge is 0.130 e. The Labute approximate surface area is 84.6 Å². The van der Waals surface area contributed by atoms with E-state index in [2.05, 4.69) is 16.9 Å². The molecule has 0 fully saturated rings. The molecule has 0 aliphatic heterocycles. The highest BCUT2D eigenvalue weighted by Crippen LogP contribution is 2.01. The first kappa shape index (κ1) is 10.8. The van der Waals surface area contributed by atoms with Crippen LogP contribution in [0.5, 0.6) is 0 Å². The quantitative estimate of drug-likeness (QED) is 0.716. The SMILES string of the molecule is CCCc1ccnc(CCC(C)=O)n1. The molecule has 0 N–H and O–H groups in total. The maximum atomic E-state index is 10.8. The molecular formula is C11H16N2O. The van der Waals surface area contributed by atoms with Crippen LogP contribution in [0.15, 0.2) is 12.3 Å². The Morgan fingerprint density at radius 1 is 1.43 bits per heavy atom. The highest BCUT2D eigenvalue weighted by atomic mass is 16.1. The molecule has 0 saturated heterocycles. The molecule has 14 heavy (non-hydrogen) atoms. The molecule has 0 atom stereocenters. The number of carbonyl (C=O) groups is 1. The summed E-state index contributed by atoms with van der Waals surface area (Å²) in [6.07, 6.45) is 5.04. The van der Waals surface area contributed by atoms with Crippen molar-refractivity contribution in [1.82, 2.24) is 9.97 Å². The van der Waals surface area contributed by atoms with Crippen molar-refractivity contribution in [3.63, 3.8) is 0 Å². The number of rotatable bonds is 5. The maximum absolute atomic E-state index is 10.8. The standard InChI is InChI=1S/C11H16N2O/c1-3-4-10-7-8-12-11(13-10)6-5-9(2)14/h7-8H,3-6H2,1-2H3. The Hall–Kier alpha value is -1.25. The average Bonchev–Trinajstić information content (AvgIpc) is 2.16. The highest BCUT2D eigenvalue weighted by Gasteiger charge is 2.00. The van der Waals surface area contributed by atoms with Crippen molar-refractivity contribution in [1.29, 1.82) is 0 Å². The number of nitrogens with zero attached hydrogens (tertiary/aromatic N) is 2. The van der Waals surface area contributed by atoms with Crippen LogP contribution in [0.2, 0.25) is 0 Å². The second-order valence-electron chi connectivity index (χ2n) is 3.42. The molecule has 1 rings (SSSR count). The van der Waals surface area contributed by atoms with Crippen molar-refractivity contribution in [2.24, 2.45) is 0 Å². The van der Waals surface area contributed by atoms with Crippen LogP contribution in [0, 0.1) is 0 Å². The minimum absolute atomic E-state index is 0.189. The molecule has 0 unspecified atom stereocenters. The molecular weight excluding hydrogens is 176 g/mol. The van der Waals surface area contributed by atoms with E-state index in [4.69, 9.17) is 0 Å². The highest BCUT2D eigenvalue weighted by molar-refractivity contribution is 5.75. The molecule has 0 bridgehead atoms. The molecule has 3 heteroatoms. The number of hydrogen-bond acceptors (Lipinski definition) is 3. The molecule has 1 aromatic rings. The summed E-state index contributed by atoms with van der Waals surface area (Å²) >= 11 is 0. The number of Topliss-reactive ketones (excluding diaryl/α,β-unsaturated/α-hetero) is 1. The number of aromatic nitrogens is 2. The first-order chi connectivity index (χ1) is 6.72. The molecule has 3 nitrogen and oxygen atoms in total. The van der Waals surface area contributed by atoms with Gasteiger partial charge in [0.2, 0.25) is 0 Å². The van der Waals surface area contributed by atoms with Gasteiger partial charge in [-0.15, -0.1) is 0 Å². The fourth-order valence-electron chi connectivity index (χ4n) is 1.24. The molecule has 0 aliphatic carbocycles. The number of aryl methyl sites for hydroxylation is 2. The summed E-state index contributed by atoms with van der Waals surface area (Å²) in [5, 5.41) is 0. The summed E-state index contributed by atoms with van der Waals surface area (Å²) in [7, 11) is 0. The average molecular weight is 192 g/mol. The summed E-state index contributed by atoms with van der Waals surface area (Å²) < 4.78 is 0. The third-order valence-electron chi connectivity index (χ3n) is 1.97. The van der Waals surface area contributed by atoms with E-state index < -0.39 is 0 Å². The van der Waals surface area contributed by atoms with Gasteiger partial charge >= 0.3 is 0 Å². The lowest BCUT2D eigenvalue weighted by Crippen LogP contribution is -2.01. The van der Waals surface area contributed by atoms with Gasteiger partial charge in [-0.05, 0) is 19.4 Å². The second-order valence-corrected chi connectivity index (χ2v) is 3.42. The Morgan fingerprint density at radius 2 is 2.21 bits per heavy atom. The van der Waals surface area contributed by atoms with Crippen LogP contribution in [-0.2, 0) is 17.6 Å². The molecule has 0 amide bonds. The Morgan fingerprint density at radius 3 is 2.86 bits per heavy atom. The minimum Gasteiger partial charge on any atom is -0.300 e. The lowest BCUT2D eigenvalue weighted by atomic mass is 10.2. The summed E-state index contributed by atoms with van der Waals surface area (Å²) in [5.41, 5.74) is 1.07. The van der Waals surface area contributed by atoms with Crippen LogP contribution in [0.4, 0.5) is 0 Å². The van der Waals surface area contributed by atoms with Crippen LogP contribution < -0.4 is 0 Å². The van der Waals surface area contributed by atoms with Crippen molar-refractivity contribution >= 4 is 5.78 Å². The van der Waals surface area contributed by atoms with Crippen LogP contribution in [0.25, 0.3) is 0 Å². The third-order valence-corrected chi connectivity index (χ3v) is 1.97. The zero-order valence-electron chi connectivity index (χ0n) is 8.79. The second kappa shape index (κ2) is 5.47. The van der Waals surface area contributed by atoms with Crippen LogP contribution in [-0.4, -0.2) is 15.8 Å². The summed E-state index contributed by atoms with van der Waals surface area (Å²) in [5.74, 6) is 0.973. The van der Waals surface area contributed by atoms with Crippen molar-refractivity contribution < 1.29 is 4.79 Å². The molecule has 0 aliphatic rings. The van der Waals surface area contributed by atoms with Gasteiger partial charge in [0.25, 0.3) is 0 Å². The van der Waals surface area contributed by atoms with Crippen molar-refractivity contribution in [3.8, 4) is 0 Å². The van der Waals surface area contributed by atoms with Crippen molar-refractivity contribution in [2.45, 2.75) is 39.5 Å². The molecule has 0 spiro atoms. The van der Waals surface area contributed by atoms with E-state index >= 15 is 0 Å². The minimum atomic E-state index is 0.189. The molecule has 1 aromatic heterocycles. The van der Waals surface area contributed by atoms with Gasteiger partial charge in [-0.1, -0.05) is 13.3 Å². The maximum Gasteiger partial charge on any atom is 0.130 e. The van der Waals surface area contributed by atoms with Gasteiger partial charge < -0.3 is 4.79 Å². The predicted molar refractivity (Wildman–Crippen MR) is 55.0 cm³/mol. The van der Waals surface area contributed by atoms with Gasteiger partial charge in [0.05, 0.1) is 0 Å². The lowest BCUT2D eigenvalue weighted by Gasteiger charge is -2.00. The predicted octanol–water partition coefficient (Wildman–Crippen LogP) is 1.95. The summed E-state index contributed by atoms with van der Waals surface area (Å²) in [6.45, 7) is 3.72. The number of carbonyl (C=O) groups excluding carboxylic acids is 1. The molecule has 0 saturated carbocycles. The first-order valence-corrected chi connectivity index (χ1v) is 5.02. The third kappa shape index (κ3) is 3.64. The van der Waals surface area contributed by atoms with E-state index in [1.807, 2.05) is 6.07 Å². The Kier molecular flexibility index (Phi) is 4.23. The molecule has 1 heterocycles. The first-order valence-electron chi connectivity index (χ1n) is 5.02. The van der Waals surface area contributed by atoms with E-state index in [0.717, 1.165) is 24.4 Å². The van der Waals surface area contributed by atoms with Gasteiger partial charge in [0, 0.05) is 24.7 Å². The van der Waals surface area contributed by atoms with Gasteiger partial charge in [-0.3, -0.25) is 0 Å². The Bertz CT molecular complexity index is 310. The van der Waals surface area contributed by atoms with E-state index in [1.165, 1.54) is 0 Å². The number of ketones is 1. The normalized spacial score (nSPS) is 10.1. The van der Waals surface area contributed by atoms with Crippen LogP contribution in [0.1, 0.15) is 38.2 Å². The van der Waals surface area contributed by atoms with E-state index in [0.29, 0.717) is 12.8 Å². The van der Waals surface area contributed by atoms with Crippen LogP contribution in [0.3, 0.4) is 0 Å². The summed E-state index contributed by atoms with van der Waals surface area (Å²) in [6, 6.07) is 1.93. The zero-order valence-corrected chi connectivity index (χ0v) is 8.79. The van der Waals surface area contributed by atoms with Gasteiger partial charge in [-0.25, -0.2) is 9.97 Å². The topological polar surface area (TPSA) is 42.9 Å².